The number of hydrogen-bond acceptors (Lipinski definition) is 7. The molecule has 7 nitrogen and oxygen atoms in total. The van der Waals surface area contributed by atoms with Gasteiger partial charge in [-0.05, 0) is 49.6 Å². The Morgan fingerprint density at radius 3 is 3.00 bits per heavy atom. The van der Waals surface area contributed by atoms with E-state index >= 15 is 0 Å². The van der Waals surface area contributed by atoms with E-state index in [9.17, 15) is 4.39 Å². The summed E-state index contributed by atoms with van der Waals surface area (Å²) in [6.07, 6.45) is 12.7. The van der Waals surface area contributed by atoms with Crippen molar-refractivity contribution in [1.82, 2.24) is 14.9 Å². The van der Waals surface area contributed by atoms with Gasteiger partial charge in [-0.25, -0.2) is 14.4 Å². The first-order valence-corrected chi connectivity index (χ1v) is 12.2. The number of ether oxygens (including phenoxy) is 3. The molecule has 2 aliphatic heterocycles. The third-order valence-corrected chi connectivity index (χ3v) is 7.05. The summed E-state index contributed by atoms with van der Waals surface area (Å²) in [7, 11) is 1.62. The molecule has 2 aromatic rings. The van der Waals surface area contributed by atoms with Crippen LogP contribution in [0.4, 0.5) is 10.2 Å². The molecule has 1 N–H and O–H groups in total. The summed E-state index contributed by atoms with van der Waals surface area (Å²) in [5.41, 5.74) is 1.40. The Labute approximate surface area is 205 Å². The van der Waals surface area contributed by atoms with Gasteiger partial charge in [0, 0.05) is 42.8 Å². The van der Waals surface area contributed by atoms with E-state index in [1.807, 2.05) is 12.1 Å². The van der Waals surface area contributed by atoms with Crippen LogP contribution < -0.4 is 14.8 Å². The molecule has 4 atom stereocenters. The van der Waals surface area contributed by atoms with Gasteiger partial charge in [0.15, 0.2) is 11.5 Å². The second-order valence-electron chi connectivity index (χ2n) is 9.33. The number of nitrogens with one attached hydrogen (secondary N) is 1. The Bertz CT molecular complexity index is 1160. The van der Waals surface area contributed by atoms with Crippen molar-refractivity contribution in [3.8, 4) is 23.8 Å². The molecule has 8 heteroatoms. The number of methoxy groups -OCH3 is 1. The van der Waals surface area contributed by atoms with Crippen LogP contribution in [0.25, 0.3) is 10.9 Å². The molecule has 3 aliphatic rings. The number of piperidine rings is 1. The monoisotopic (exact) mass is 478 g/mol. The van der Waals surface area contributed by atoms with E-state index < -0.39 is 12.1 Å². The van der Waals surface area contributed by atoms with Crippen LogP contribution in [0.1, 0.15) is 12.8 Å². The summed E-state index contributed by atoms with van der Waals surface area (Å²) in [6.45, 7) is 5.65. The summed E-state index contributed by atoms with van der Waals surface area (Å²) in [5.74, 6) is 5.13. The Balaban J connectivity index is 1.26. The zero-order chi connectivity index (χ0) is 24.2. The molecule has 3 heterocycles. The van der Waals surface area contributed by atoms with Crippen LogP contribution in [0.2, 0.25) is 0 Å². The summed E-state index contributed by atoms with van der Waals surface area (Å²) in [6, 6.07) is 3.73. The van der Waals surface area contributed by atoms with Crippen molar-refractivity contribution < 1.29 is 18.6 Å². The van der Waals surface area contributed by atoms with E-state index in [-0.39, 0.29) is 0 Å². The van der Waals surface area contributed by atoms with Crippen molar-refractivity contribution in [1.29, 1.82) is 0 Å². The highest BCUT2D eigenvalue weighted by molar-refractivity contribution is 5.92. The van der Waals surface area contributed by atoms with Crippen LogP contribution in [0.5, 0.6) is 11.5 Å². The second-order valence-corrected chi connectivity index (χ2v) is 9.33. The normalized spacial score (nSPS) is 26.1. The Morgan fingerprint density at radius 1 is 1.26 bits per heavy atom. The number of fused-ring (bicyclic) bond motifs is 2. The van der Waals surface area contributed by atoms with Gasteiger partial charge in [-0.2, -0.15) is 0 Å². The first-order valence-electron chi connectivity index (χ1n) is 12.2. The average Bonchev–Trinajstić information content (AvgIpc) is 3.35. The number of hydrogen-bond donors (Lipinski definition) is 1. The van der Waals surface area contributed by atoms with E-state index in [1.165, 1.54) is 18.8 Å². The molecule has 184 valence electrons. The van der Waals surface area contributed by atoms with Crippen molar-refractivity contribution in [2.24, 2.45) is 17.8 Å². The van der Waals surface area contributed by atoms with E-state index in [2.05, 4.69) is 26.1 Å². The number of alkyl halides is 1. The molecule has 1 aromatic carbocycles. The number of rotatable bonds is 8. The topological polar surface area (TPSA) is 68.7 Å². The maximum absolute atomic E-state index is 13.9. The fourth-order valence-corrected chi connectivity index (χ4v) is 5.06. The van der Waals surface area contributed by atoms with Crippen LogP contribution in [-0.4, -0.2) is 67.6 Å². The third-order valence-electron chi connectivity index (χ3n) is 7.05. The minimum absolute atomic E-state index is 0.578. The number of likely N-dealkylation sites (tertiary alicyclic amines) is 1. The minimum atomic E-state index is -1.19. The SMILES string of the molecule is C#CC1C=C(Nc2ncnc3cc(OC)c(OCCCN4CCC5COCC5C4)cc23)C=CC1F. The largest absolute Gasteiger partial charge is 0.493 e. The predicted molar refractivity (Wildman–Crippen MR) is 133 cm³/mol. The van der Waals surface area contributed by atoms with Gasteiger partial charge < -0.3 is 24.4 Å². The summed E-state index contributed by atoms with van der Waals surface area (Å²) < 4.78 is 31.3. The molecule has 5 rings (SSSR count). The van der Waals surface area contributed by atoms with Crippen molar-refractivity contribution in [3.05, 3.63) is 42.4 Å². The number of nitrogens with zero attached hydrogens (tertiary/aromatic N) is 3. The number of allylic oxidation sites excluding steroid dienone is 3. The van der Waals surface area contributed by atoms with Crippen molar-refractivity contribution in [3.63, 3.8) is 0 Å². The lowest BCUT2D eigenvalue weighted by Crippen LogP contribution is -2.40. The molecule has 4 unspecified atom stereocenters. The molecule has 0 bridgehead atoms. The number of halogens is 1. The van der Waals surface area contributed by atoms with Gasteiger partial charge in [-0.1, -0.05) is 5.92 Å². The van der Waals surface area contributed by atoms with Crippen LogP contribution in [0.3, 0.4) is 0 Å². The fourth-order valence-electron chi connectivity index (χ4n) is 5.06. The zero-order valence-corrected chi connectivity index (χ0v) is 20.0. The lowest BCUT2D eigenvalue weighted by molar-refractivity contribution is 0.138. The van der Waals surface area contributed by atoms with Crippen molar-refractivity contribution in [2.75, 3.05) is 51.9 Å². The molecular formula is C27H31FN4O3. The first kappa shape index (κ1) is 23.6. The zero-order valence-electron chi connectivity index (χ0n) is 20.0. The highest BCUT2D eigenvalue weighted by atomic mass is 19.1. The summed E-state index contributed by atoms with van der Waals surface area (Å²) >= 11 is 0. The van der Waals surface area contributed by atoms with Gasteiger partial charge >= 0.3 is 0 Å². The van der Waals surface area contributed by atoms with E-state index in [0.717, 1.165) is 50.6 Å². The lowest BCUT2D eigenvalue weighted by Gasteiger charge is -2.33. The molecule has 35 heavy (non-hydrogen) atoms. The smallest absolute Gasteiger partial charge is 0.162 e. The summed E-state index contributed by atoms with van der Waals surface area (Å²) in [4.78, 5) is 11.3. The number of anilines is 1. The third kappa shape index (κ3) is 5.26. The number of terminal acetylenes is 1. The molecule has 0 spiro atoms. The number of aromatic nitrogens is 2. The maximum atomic E-state index is 13.9. The van der Waals surface area contributed by atoms with Gasteiger partial charge in [0.2, 0.25) is 0 Å². The highest BCUT2D eigenvalue weighted by Crippen LogP contribution is 2.35. The molecule has 1 aliphatic carbocycles. The van der Waals surface area contributed by atoms with E-state index in [4.69, 9.17) is 20.6 Å². The molecular weight excluding hydrogens is 447 g/mol. The quantitative estimate of drug-likeness (QED) is 0.457. The standard InChI is InChI=1S/C27H31FN4O3/c1-3-18-11-21(5-6-23(18)28)31-27-22-12-26(25(33-2)13-24(22)29-17-30-27)35-10-4-8-32-9-7-19-15-34-16-20(19)14-32/h1,5-6,11-13,17-20,23H,4,7-10,14-16H2,2H3,(H,29,30,31). The van der Waals surface area contributed by atoms with Crippen LogP contribution in [0.15, 0.2) is 42.4 Å². The fraction of sp³-hybridized carbons (Fsp3) is 0.481. The van der Waals surface area contributed by atoms with Crippen LogP contribution in [-0.2, 0) is 4.74 Å². The molecule has 0 radical (unpaired) electrons. The van der Waals surface area contributed by atoms with E-state index in [1.54, 1.807) is 19.3 Å². The molecule has 2 saturated heterocycles. The van der Waals surface area contributed by atoms with Crippen LogP contribution in [0, 0.1) is 30.1 Å². The van der Waals surface area contributed by atoms with Gasteiger partial charge in [-0.3, -0.25) is 0 Å². The molecule has 0 saturated carbocycles. The Hall–Kier alpha value is -3.15. The molecule has 2 fully saturated rings. The highest BCUT2D eigenvalue weighted by Gasteiger charge is 2.33. The predicted octanol–water partition coefficient (Wildman–Crippen LogP) is 3.83. The molecule has 0 amide bonds. The van der Waals surface area contributed by atoms with E-state index in [0.29, 0.717) is 41.1 Å². The van der Waals surface area contributed by atoms with Crippen LogP contribution >= 0.6 is 0 Å². The van der Waals surface area contributed by atoms with Gasteiger partial charge in [0.05, 0.1) is 31.8 Å². The Morgan fingerprint density at radius 2 is 2.14 bits per heavy atom. The Kier molecular flexibility index (Phi) is 7.16. The van der Waals surface area contributed by atoms with Gasteiger partial charge in [0.25, 0.3) is 0 Å². The lowest BCUT2D eigenvalue weighted by atomic mass is 9.89. The second kappa shape index (κ2) is 10.6. The van der Waals surface area contributed by atoms with Gasteiger partial charge in [0.1, 0.15) is 18.3 Å². The molecule has 1 aromatic heterocycles. The summed E-state index contributed by atoms with van der Waals surface area (Å²) in [5, 5.41) is 4.03. The number of benzene rings is 1. The van der Waals surface area contributed by atoms with Crippen molar-refractivity contribution >= 4 is 16.7 Å². The van der Waals surface area contributed by atoms with Crippen molar-refractivity contribution in [2.45, 2.75) is 19.0 Å². The average molecular weight is 479 g/mol. The first-order chi connectivity index (χ1) is 17.1. The van der Waals surface area contributed by atoms with Gasteiger partial charge in [-0.15, -0.1) is 6.42 Å². The minimum Gasteiger partial charge on any atom is -0.493 e. The maximum Gasteiger partial charge on any atom is 0.162 e.